The Kier molecular flexibility index (Phi) is 19.1. The van der Waals surface area contributed by atoms with Gasteiger partial charge in [-0.3, -0.25) is 23.4 Å². The fourth-order valence-corrected chi connectivity index (χ4v) is 14.8. The van der Waals surface area contributed by atoms with Gasteiger partial charge >= 0.3 is 7.60 Å². The highest BCUT2D eigenvalue weighted by molar-refractivity contribution is 7.91. The molecule has 2 fully saturated rings. The minimum atomic E-state index is -4.53. The first-order chi connectivity index (χ1) is 34.2. The summed E-state index contributed by atoms with van der Waals surface area (Å²) in [7, 11) is -13.3. The minimum absolute atomic E-state index is 0.135. The zero-order valence-corrected chi connectivity index (χ0v) is 46.2. The summed E-state index contributed by atoms with van der Waals surface area (Å²) in [5.74, 6) is -0.704. The number of carbonyl (C=O) groups excluding carboxylic acids is 1. The molecule has 2 heterocycles. The van der Waals surface area contributed by atoms with Crippen LogP contribution < -0.4 is 14.9 Å². The number of piperazine rings is 2. The van der Waals surface area contributed by atoms with Crippen molar-refractivity contribution >= 4 is 72.7 Å². The molecule has 3 aliphatic rings. The summed E-state index contributed by atoms with van der Waals surface area (Å²) in [6, 6.07) is 27.2. The fraction of sp³-hybridized carbons (Fsp3) is 0.481. The Morgan fingerprint density at radius 2 is 1.44 bits per heavy atom. The average Bonchev–Trinajstić information content (AvgIpc) is 3.34. The van der Waals surface area contributed by atoms with E-state index in [0.717, 1.165) is 75.0 Å². The van der Waals surface area contributed by atoms with Crippen LogP contribution in [0.3, 0.4) is 0 Å². The lowest BCUT2D eigenvalue weighted by Crippen LogP contribution is -2.47. The number of sulfonamides is 1. The Balaban J connectivity index is 0.979. The van der Waals surface area contributed by atoms with E-state index in [4.69, 9.17) is 20.6 Å². The molecule has 392 valence electrons. The van der Waals surface area contributed by atoms with E-state index in [1.165, 1.54) is 28.8 Å². The van der Waals surface area contributed by atoms with Crippen molar-refractivity contribution in [3.8, 4) is 0 Å². The second kappa shape index (κ2) is 24.6. The summed E-state index contributed by atoms with van der Waals surface area (Å²) in [6.07, 6.45) is 4.90. The summed E-state index contributed by atoms with van der Waals surface area (Å²) in [6.45, 7) is 16.3. The average molecular weight is 1090 g/mol. The molecule has 1 unspecified atom stereocenters. The molecule has 0 bridgehead atoms. The molecular formula is C52H70ClN6O9PS3. The number of anilines is 2. The van der Waals surface area contributed by atoms with Crippen LogP contribution in [-0.2, 0) is 44.3 Å². The molecule has 7 rings (SSSR count). The van der Waals surface area contributed by atoms with Gasteiger partial charge in [-0.05, 0) is 123 Å². The number of rotatable bonds is 22. The summed E-state index contributed by atoms with van der Waals surface area (Å²) in [5, 5.41) is 4.03. The van der Waals surface area contributed by atoms with Crippen LogP contribution in [0.5, 0.6) is 0 Å². The van der Waals surface area contributed by atoms with Crippen molar-refractivity contribution in [1.29, 1.82) is 0 Å². The van der Waals surface area contributed by atoms with Gasteiger partial charge in [-0.1, -0.05) is 61.4 Å². The SMILES string of the molecule is CCOP(=O)(CN1CCN(CC[C@H](CS(=O)c2ccccc2)Nc2ccc(S(=O)(=O)NC(=O)c3ccc(N4CCN(CC5=C(c6ccc(Cl)cc6)CCC(C)(C)C5)CC4)cc3)cc2S(C)(=O)=O)CC1)OCC. The first-order valence-electron chi connectivity index (χ1n) is 24.7. The highest BCUT2D eigenvalue weighted by atomic mass is 35.5. The molecule has 2 N–H and O–H groups in total. The number of benzene rings is 4. The Morgan fingerprint density at radius 1 is 0.819 bits per heavy atom. The van der Waals surface area contributed by atoms with E-state index in [2.05, 4.69) is 55.6 Å². The molecule has 2 aliphatic heterocycles. The molecule has 15 nitrogen and oxygen atoms in total. The van der Waals surface area contributed by atoms with Gasteiger partial charge in [-0.15, -0.1) is 0 Å². The maximum Gasteiger partial charge on any atom is 0.344 e. The molecule has 72 heavy (non-hydrogen) atoms. The smallest absolute Gasteiger partial charge is 0.344 e. The van der Waals surface area contributed by atoms with E-state index in [9.17, 15) is 30.4 Å². The minimum Gasteiger partial charge on any atom is -0.380 e. The van der Waals surface area contributed by atoms with Crippen molar-refractivity contribution < 1.29 is 39.5 Å². The predicted octanol–water partition coefficient (Wildman–Crippen LogP) is 8.47. The molecular weight excluding hydrogens is 1020 g/mol. The molecule has 0 spiro atoms. The van der Waals surface area contributed by atoms with Crippen molar-refractivity contribution in [2.45, 2.75) is 74.1 Å². The van der Waals surface area contributed by atoms with Crippen LogP contribution in [0, 0.1) is 5.41 Å². The van der Waals surface area contributed by atoms with Crippen molar-refractivity contribution in [1.82, 2.24) is 19.4 Å². The fourth-order valence-electron chi connectivity index (χ4n) is 9.68. The highest BCUT2D eigenvalue weighted by Gasteiger charge is 2.32. The van der Waals surface area contributed by atoms with Crippen LogP contribution in [0.2, 0.25) is 5.02 Å². The van der Waals surface area contributed by atoms with Gasteiger partial charge < -0.3 is 24.2 Å². The first-order valence-corrected chi connectivity index (χ1v) is 31.5. The predicted molar refractivity (Wildman–Crippen MR) is 289 cm³/mol. The lowest BCUT2D eigenvalue weighted by Gasteiger charge is -2.39. The highest BCUT2D eigenvalue weighted by Crippen LogP contribution is 2.48. The van der Waals surface area contributed by atoms with Gasteiger partial charge in [0.25, 0.3) is 15.9 Å². The van der Waals surface area contributed by atoms with Gasteiger partial charge in [0.05, 0.1) is 39.5 Å². The van der Waals surface area contributed by atoms with Crippen LogP contribution in [-0.4, -0.2) is 145 Å². The van der Waals surface area contributed by atoms with E-state index in [-0.39, 0.29) is 46.8 Å². The van der Waals surface area contributed by atoms with Gasteiger partial charge in [-0.25, -0.2) is 21.6 Å². The number of hydrogen-bond donors (Lipinski definition) is 2. The van der Waals surface area contributed by atoms with Gasteiger partial charge in [0.1, 0.15) is 6.29 Å². The standard InChI is InChI=1S/C52H70ClN6O9PS3/c1-6-67-69(61,68-7-2)39-58-29-27-56(28-30-58)26-24-44(38-70(62)46-11-9-8-10-12-46)54-49-22-21-47(35-50(49)71(5,63)64)72(65,66)55-51(60)41-15-19-45(20-16-41)59-33-31-57(32-34-59)37-42-36-52(3,4)25-23-48(42)40-13-17-43(53)18-14-40/h8-22,35,44,54H,6-7,23-34,36-39H2,1-5H3,(H,55,60)/t44-,70?/m1/s1. The van der Waals surface area contributed by atoms with Crippen molar-refractivity contribution in [2.75, 3.05) is 107 Å². The maximum absolute atomic E-state index is 13.8. The maximum atomic E-state index is 13.8. The van der Waals surface area contributed by atoms with Gasteiger partial charge in [0.2, 0.25) is 0 Å². The lowest BCUT2D eigenvalue weighted by atomic mass is 9.73. The van der Waals surface area contributed by atoms with E-state index >= 15 is 0 Å². The molecule has 4 aromatic carbocycles. The van der Waals surface area contributed by atoms with E-state index in [1.807, 2.05) is 30.3 Å². The largest absolute Gasteiger partial charge is 0.380 e. The van der Waals surface area contributed by atoms with Crippen LogP contribution in [0.15, 0.2) is 117 Å². The summed E-state index contributed by atoms with van der Waals surface area (Å²) >= 11 is 6.22. The number of allylic oxidation sites excluding steroid dienone is 1. The monoisotopic (exact) mass is 1080 g/mol. The summed E-state index contributed by atoms with van der Waals surface area (Å²) < 4.78 is 94.2. The molecule has 4 aromatic rings. The Morgan fingerprint density at radius 3 is 2.07 bits per heavy atom. The molecule has 0 aromatic heterocycles. The molecule has 0 saturated carbocycles. The number of nitrogens with one attached hydrogen (secondary N) is 2. The van der Waals surface area contributed by atoms with E-state index in [0.29, 0.717) is 44.0 Å². The summed E-state index contributed by atoms with van der Waals surface area (Å²) in [5.41, 5.74) is 5.60. The van der Waals surface area contributed by atoms with Crippen LogP contribution in [0.25, 0.3) is 5.57 Å². The second-order valence-corrected chi connectivity index (χ2v) is 27.2. The van der Waals surface area contributed by atoms with E-state index < -0.39 is 55.1 Å². The van der Waals surface area contributed by atoms with Crippen LogP contribution in [0.1, 0.15) is 69.3 Å². The molecule has 2 saturated heterocycles. The Bertz CT molecular complexity index is 2810. The number of hydrogen-bond acceptors (Lipinski definition) is 14. The second-order valence-electron chi connectivity index (χ2n) is 19.6. The molecule has 2 atom stereocenters. The van der Waals surface area contributed by atoms with Crippen LogP contribution >= 0.6 is 19.2 Å². The molecule has 1 aliphatic carbocycles. The first kappa shape index (κ1) is 55.8. The Labute approximate surface area is 434 Å². The van der Waals surface area contributed by atoms with Crippen molar-refractivity contribution in [3.63, 3.8) is 0 Å². The number of sulfone groups is 1. The molecule has 0 radical (unpaired) electrons. The Hall–Kier alpha value is -3.94. The third-order valence-electron chi connectivity index (χ3n) is 13.5. The third-order valence-corrected chi connectivity index (χ3v) is 19.8. The van der Waals surface area contributed by atoms with Crippen molar-refractivity contribution in [2.24, 2.45) is 5.41 Å². The number of nitrogens with zero attached hydrogens (tertiary/aromatic N) is 4. The normalized spacial score (nSPS) is 18.4. The lowest BCUT2D eigenvalue weighted by molar-refractivity contribution is 0.0981. The third kappa shape index (κ3) is 15.3. The molecule has 1 amide bonds. The van der Waals surface area contributed by atoms with Gasteiger partial charge in [0, 0.05) is 105 Å². The summed E-state index contributed by atoms with van der Waals surface area (Å²) in [4.78, 5) is 22.5. The van der Waals surface area contributed by atoms with E-state index in [1.54, 1.807) is 50.2 Å². The topological polar surface area (TPSA) is 175 Å². The number of amides is 1. The molecule has 20 heteroatoms. The van der Waals surface area contributed by atoms with Gasteiger partial charge in [0.15, 0.2) is 9.84 Å². The number of carbonyl (C=O) groups is 1. The van der Waals surface area contributed by atoms with Gasteiger partial charge in [-0.2, -0.15) is 0 Å². The number of halogens is 1. The van der Waals surface area contributed by atoms with Crippen molar-refractivity contribution in [3.05, 3.63) is 119 Å². The zero-order chi connectivity index (χ0) is 51.7. The zero-order valence-electron chi connectivity index (χ0n) is 42.1. The van der Waals surface area contributed by atoms with Crippen LogP contribution in [0.4, 0.5) is 11.4 Å². The quantitative estimate of drug-likeness (QED) is 0.0717.